The van der Waals surface area contributed by atoms with Gasteiger partial charge in [0.15, 0.2) is 0 Å². The Morgan fingerprint density at radius 3 is 2.70 bits per heavy atom. The van der Waals surface area contributed by atoms with Crippen LogP contribution in [0.5, 0.6) is 0 Å². The molecule has 108 valence electrons. The minimum atomic E-state index is 0.472. The monoisotopic (exact) mass is 291 g/mol. The van der Waals surface area contributed by atoms with E-state index in [1.807, 2.05) is 30.5 Å². The Labute approximate surface area is 125 Å². The van der Waals surface area contributed by atoms with E-state index in [1.54, 1.807) is 0 Å². The maximum Gasteiger partial charge on any atom is 0.106 e. The average Bonchev–Trinajstić information content (AvgIpc) is 2.86. The number of nitrogens with one attached hydrogen (secondary N) is 1. The minimum absolute atomic E-state index is 0.472. The molecule has 1 unspecified atom stereocenters. The normalized spacial score (nSPS) is 12.8. The van der Waals surface area contributed by atoms with Crippen molar-refractivity contribution in [2.24, 2.45) is 17.6 Å². The van der Waals surface area contributed by atoms with Gasteiger partial charge in [0.25, 0.3) is 0 Å². The zero-order chi connectivity index (χ0) is 14.5. The molecule has 0 aliphatic heterocycles. The quantitative estimate of drug-likeness (QED) is 0.848. The molecule has 1 heterocycles. The van der Waals surface area contributed by atoms with Crippen molar-refractivity contribution in [1.29, 1.82) is 0 Å². The zero-order valence-corrected chi connectivity index (χ0v) is 12.8. The van der Waals surface area contributed by atoms with Crippen molar-refractivity contribution in [2.75, 3.05) is 6.54 Å². The molecule has 0 aliphatic carbocycles. The highest BCUT2D eigenvalue weighted by atomic mass is 35.5. The Kier molecular flexibility index (Phi) is 5.21. The van der Waals surface area contributed by atoms with Crippen LogP contribution in [0, 0.1) is 11.8 Å². The molecular formula is C16H22ClN3. The molecule has 2 rings (SSSR count). The van der Waals surface area contributed by atoms with Crippen LogP contribution < -0.4 is 5.73 Å². The van der Waals surface area contributed by atoms with E-state index in [2.05, 4.69) is 23.8 Å². The van der Waals surface area contributed by atoms with E-state index in [0.29, 0.717) is 18.4 Å². The van der Waals surface area contributed by atoms with E-state index in [1.165, 1.54) is 0 Å². The standard InChI is InChI=1S/C16H22ClN3/c1-11(2)7-12(9-18)8-16-19-10-15(20-16)13-5-3-4-6-14(13)17/h3-6,10-12H,7-9,18H2,1-2H3,(H,19,20). The largest absolute Gasteiger partial charge is 0.342 e. The fourth-order valence-corrected chi connectivity index (χ4v) is 2.72. The van der Waals surface area contributed by atoms with Crippen LogP contribution in [-0.4, -0.2) is 16.5 Å². The van der Waals surface area contributed by atoms with E-state index in [-0.39, 0.29) is 0 Å². The average molecular weight is 292 g/mol. The fourth-order valence-electron chi connectivity index (χ4n) is 2.49. The topological polar surface area (TPSA) is 54.7 Å². The lowest BCUT2D eigenvalue weighted by atomic mass is 9.94. The Balaban J connectivity index is 2.11. The van der Waals surface area contributed by atoms with Crippen molar-refractivity contribution in [1.82, 2.24) is 9.97 Å². The maximum atomic E-state index is 6.20. The van der Waals surface area contributed by atoms with Crippen LogP contribution in [0.15, 0.2) is 30.5 Å². The molecule has 0 spiro atoms. The number of aromatic nitrogens is 2. The lowest BCUT2D eigenvalue weighted by Crippen LogP contribution is -2.19. The molecule has 0 amide bonds. The van der Waals surface area contributed by atoms with Crippen LogP contribution in [-0.2, 0) is 6.42 Å². The number of halogens is 1. The van der Waals surface area contributed by atoms with Crippen molar-refractivity contribution < 1.29 is 0 Å². The Morgan fingerprint density at radius 1 is 1.30 bits per heavy atom. The SMILES string of the molecule is CC(C)CC(CN)Cc1ncc(-c2ccccc2Cl)[nH]1. The summed E-state index contributed by atoms with van der Waals surface area (Å²) in [6.45, 7) is 5.14. The first-order valence-corrected chi connectivity index (χ1v) is 7.46. The first-order chi connectivity index (χ1) is 9.60. The molecule has 1 aromatic heterocycles. The lowest BCUT2D eigenvalue weighted by molar-refractivity contribution is 0.409. The number of imidazole rings is 1. The van der Waals surface area contributed by atoms with Gasteiger partial charge in [0, 0.05) is 17.0 Å². The Bertz CT molecular complexity index is 548. The summed E-state index contributed by atoms with van der Waals surface area (Å²) in [6.07, 6.45) is 3.86. The van der Waals surface area contributed by atoms with Gasteiger partial charge in [-0.15, -0.1) is 0 Å². The van der Waals surface area contributed by atoms with Gasteiger partial charge in [0.1, 0.15) is 5.82 Å². The van der Waals surface area contributed by atoms with E-state index in [0.717, 1.165) is 34.9 Å². The van der Waals surface area contributed by atoms with Gasteiger partial charge in [-0.05, 0) is 30.9 Å². The highest BCUT2D eigenvalue weighted by Crippen LogP contribution is 2.26. The summed E-state index contributed by atoms with van der Waals surface area (Å²) in [7, 11) is 0. The molecule has 20 heavy (non-hydrogen) atoms. The molecule has 0 saturated heterocycles. The van der Waals surface area contributed by atoms with Gasteiger partial charge in [-0.2, -0.15) is 0 Å². The van der Waals surface area contributed by atoms with Crippen LogP contribution in [0.3, 0.4) is 0 Å². The number of H-pyrrole nitrogens is 1. The predicted octanol–water partition coefficient (Wildman–Crippen LogP) is 3.89. The van der Waals surface area contributed by atoms with Gasteiger partial charge in [0.2, 0.25) is 0 Å². The van der Waals surface area contributed by atoms with Crippen LogP contribution in [0.1, 0.15) is 26.1 Å². The van der Waals surface area contributed by atoms with Crippen LogP contribution in [0.4, 0.5) is 0 Å². The number of rotatable bonds is 6. The molecule has 3 nitrogen and oxygen atoms in total. The summed E-state index contributed by atoms with van der Waals surface area (Å²) in [5.74, 6) is 2.11. The molecule has 0 aliphatic rings. The molecule has 3 N–H and O–H groups in total. The van der Waals surface area contributed by atoms with Crippen LogP contribution >= 0.6 is 11.6 Å². The molecule has 0 radical (unpaired) electrons. The maximum absolute atomic E-state index is 6.20. The summed E-state index contributed by atoms with van der Waals surface area (Å²) in [5, 5.41) is 0.736. The van der Waals surface area contributed by atoms with Gasteiger partial charge in [0.05, 0.1) is 11.9 Å². The molecular weight excluding hydrogens is 270 g/mol. The number of hydrogen-bond acceptors (Lipinski definition) is 2. The molecule has 0 bridgehead atoms. The molecule has 1 atom stereocenters. The highest BCUT2D eigenvalue weighted by molar-refractivity contribution is 6.33. The summed E-state index contributed by atoms with van der Waals surface area (Å²) >= 11 is 6.20. The van der Waals surface area contributed by atoms with Crippen molar-refractivity contribution in [3.8, 4) is 11.3 Å². The fraction of sp³-hybridized carbons (Fsp3) is 0.438. The predicted molar refractivity (Wildman–Crippen MR) is 84.7 cm³/mol. The van der Waals surface area contributed by atoms with Gasteiger partial charge >= 0.3 is 0 Å². The molecule has 2 aromatic rings. The molecule has 0 fully saturated rings. The summed E-state index contributed by atoms with van der Waals surface area (Å²) in [5.41, 5.74) is 7.80. The number of aromatic amines is 1. The second-order valence-corrected chi connectivity index (χ2v) is 6.07. The third kappa shape index (κ3) is 3.84. The summed E-state index contributed by atoms with van der Waals surface area (Å²) in [4.78, 5) is 7.82. The number of nitrogens with zero attached hydrogens (tertiary/aromatic N) is 1. The van der Waals surface area contributed by atoms with Gasteiger partial charge < -0.3 is 10.7 Å². The van der Waals surface area contributed by atoms with Crippen LogP contribution in [0.2, 0.25) is 5.02 Å². The lowest BCUT2D eigenvalue weighted by Gasteiger charge is -2.15. The smallest absolute Gasteiger partial charge is 0.106 e. The van der Waals surface area contributed by atoms with E-state index in [4.69, 9.17) is 17.3 Å². The third-order valence-electron chi connectivity index (χ3n) is 3.41. The van der Waals surface area contributed by atoms with Crippen LogP contribution in [0.25, 0.3) is 11.3 Å². The molecule has 0 saturated carbocycles. The zero-order valence-electron chi connectivity index (χ0n) is 12.1. The molecule has 1 aromatic carbocycles. The Hall–Kier alpha value is -1.32. The number of nitrogens with two attached hydrogens (primary N) is 1. The second-order valence-electron chi connectivity index (χ2n) is 5.66. The van der Waals surface area contributed by atoms with Crippen molar-refractivity contribution in [3.63, 3.8) is 0 Å². The first-order valence-electron chi connectivity index (χ1n) is 7.09. The van der Waals surface area contributed by atoms with Gasteiger partial charge in [-0.1, -0.05) is 43.6 Å². The van der Waals surface area contributed by atoms with E-state index < -0.39 is 0 Å². The number of hydrogen-bond donors (Lipinski definition) is 2. The second kappa shape index (κ2) is 6.91. The molecule has 4 heteroatoms. The number of benzene rings is 1. The first kappa shape index (κ1) is 15.1. The van der Waals surface area contributed by atoms with Gasteiger partial charge in [-0.3, -0.25) is 0 Å². The third-order valence-corrected chi connectivity index (χ3v) is 3.74. The highest BCUT2D eigenvalue weighted by Gasteiger charge is 2.13. The minimum Gasteiger partial charge on any atom is -0.342 e. The van der Waals surface area contributed by atoms with E-state index >= 15 is 0 Å². The van der Waals surface area contributed by atoms with E-state index in [9.17, 15) is 0 Å². The summed E-state index contributed by atoms with van der Waals surface area (Å²) in [6, 6.07) is 7.78. The van der Waals surface area contributed by atoms with Crippen molar-refractivity contribution in [3.05, 3.63) is 41.3 Å². The summed E-state index contributed by atoms with van der Waals surface area (Å²) < 4.78 is 0. The Morgan fingerprint density at radius 2 is 2.05 bits per heavy atom. The van der Waals surface area contributed by atoms with Crippen molar-refractivity contribution >= 4 is 11.6 Å². The van der Waals surface area contributed by atoms with Crippen molar-refractivity contribution in [2.45, 2.75) is 26.7 Å². The van der Waals surface area contributed by atoms with Gasteiger partial charge in [-0.25, -0.2) is 4.98 Å².